The van der Waals surface area contributed by atoms with E-state index < -0.39 is 10.0 Å². The van der Waals surface area contributed by atoms with Gasteiger partial charge >= 0.3 is 0 Å². The summed E-state index contributed by atoms with van der Waals surface area (Å²) >= 11 is 0. The number of allylic oxidation sites excluding steroid dienone is 2. The summed E-state index contributed by atoms with van der Waals surface area (Å²) in [5.74, 6) is 0. The maximum atomic E-state index is 11.2. The molecule has 4 heteroatoms. The van der Waals surface area contributed by atoms with Crippen molar-refractivity contribution in [1.29, 1.82) is 0 Å². The number of hydrogen-bond acceptors (Lipinski definition) is 2. The first kappa shape index (κ1) is 13.3. The van der Waals surface area contributed by atoms with Crippen LogP contribution in [0.3, 0.4) is 0 Å². The van der Waals surface area contributed by atoms with E-state index in [9.17, 15) is 8.42 Å². The van der Waals surface area contributed by atoms with E-state index in [0.717, 1.165) is 24.8 Å². The van der Waals surface area contributed by atoms with Crippen LogP contribution >= 0.6 is 0 Å². The third-order valence-electron chi connectivity index (χ3n) is 3.53. The molecule has 0 saturated heterocycles. The normalized spacial score (nSPS) is 19.4. The Bertz CT molecular complexity index is 568. The minimum atomic E-state index is -3.59. The molecule has 2 rings (SSSR count). The Morgan fingerprint density at radius 1 is 1.17 bits per heavy atom. The van der Waals surface area contributed by atoms with Crippen LogP contribution in [-0.4, -0.2) is 8.42 Å². The van der Waals surface area contributed by atoms with Gasteiger partial charge in [0, 0.05) is 0 Å². The van der Waals surface area contributed by atoms with Gasteiger partial charge in [0.1, 0.15) is 0 Å². The van der Waals surface area contributed by atoms with Crippen LogP contribution in [0, 0.1) is 5.41 Å². The maximum absolute atomic E-state index is 11.2. The van der Waals surface area contributed by atoms with Crippen LogP contribution < -0.4 is 5.14 Å². The topological polar surface area (TPSA) is 60.2 Å². The number of benzene rings is 1. The van der Waals surface area contributed by atoms with Gasteiger partial charge in [-0.15, -0.1) is 0 Å². The van der Waals surface area contributed by atoms with E-state index in [1.807, 2.05) is 12.1 Å². The smallest absolute Gasteiger partial charge is 0.225 e. The summed E-state index contributed by atoms with van der Waals surface area (Å²) in [6.45, 7) is 4.54. The van der Waals surface area contributed by atoms with Crippen molar-refractivity contribution in [1.82, 2.24) is 0 Å². The largest absolute Gasteiger partial charge is 0.238 e. The molecule has 1 aliphatic rings. The van der Waals surface area contributed by atoms with Crippen molar-refractivity contribution in [2.75, 3.05) is 0 Å². The van der Waals surface area contributed by atoms with Crippen molar-refractivity contribution < 1.29 is 8.42 Å². The summed E-state index contributed by atoms with van der Waals surface area (Å²) in [7, 11) is -3.59. The highest BCUT2D eigenvalue weighted by atomic mass is 32.2. The van der Waals surface area contributed by atoms with Gasteiger partial charge in [-0.05, 0) is 47.9 Å². The van der Waals surface area contributed by atoms with Gasteiger partial charge in [0.2, 0.25) is 10.0 Å². The molecule has 98 valence electrons. The minimum absolute atomic E-state index is 0.169. The third kappa shape index (κ3) is 3.00. The zero-order valence-corrected chi connectivity index (χ0v) is 11.6. The van der Waals surface area contributed by atoms with Crippen molar-refractivity contribution in [2.24, 2.45) is 10.6 Å². The molecule has 0 aliphatic heterocycles. The van der Waals surface area contributed by atoms with E-state index in [4.69, 9.17) is 5.14 Å². The lowest BCUT2D eigenvalue weighted by atomic mass is 9.77. The number of nitrogens with two attached hydrogens (primary N) is 1. The van der Waals surface area contributed by atoms with Crippen molar-refractivity contribution in [3.05, 3.63) is 35.9 Å². The van der Waals surface area contributed by atoms with E-state index in [2.05, 4.69) is 19.9 Å². The first-order chi connectivity index (χ1) is 8.28. The molecule has 18 heavy (non-hydrogen) atoms. The van der Waals surface area contributed by atoms with Gasteiger partial charge < -0.3 is 0 Å². The minimum Gasteiger partial charge on any atom is -0.225 e. The molecular weight excluding hydrogens is 246 g/mol. The quantitative estimate of drug-likeness (QED) is 0.893. The lowest BCUT2D eigenvalue weighted by molar-refractivity contribution is 0.335. The Morgan fingerprint density at radius 3 is 2.22 bits per heavy atom. The molecule has 0 saturated carbocycles. The maximum Gasteiger partial charge on any atom is 0.238 e. The van der Waals surface area contributed by atoms with Gasteiger partial charge in [-0.2, -0.15) is 0 Å². The van der Waals surface area contributed by atoms with Crippen LogP contribution in [0.25, 0.3) is 5.57 Å². The second-order valence-electron chi connectivity index (χ2n) is 5.67. The van der Waals surface area contributed by atoms with E-state index in [0.29, 0.717) is 5.41 Å². The molecule has 0 spiro atoms. The van der Waals surface area contributed by atoms with Gasteiger partial charge in [-0.3, -0.25) is 0 Å². The summed E-state index contributed by atoms with van der Waals surface area (Å²) in [6, 6.07) is 6.82. The van der Waals surface area contributed by atoms with Crippen molar-refractivity contribution in [2.45, 2.75) is 38.0 Å². The summed E-state index contributed by atoms with van der Waals surface area (Å²) in [6.07, 6.45) is 5.53. The second-order valence-corrected chi connectivity index (χ2v) is 7.23. The molecule has 1 aromatic carbocycles. The van der Waals surface area contributed by atoms with Crippen LogP contribution in [0.1, 0.15) is 38.7 Å². The van der Waals surface area contributed by atoms with Crippen molar-refractivity contribution in [3.8, 4) is 0 Å². The van der Waals surface area contributed by atoms with Crippen molar-refractivity contribution in [3.63, 3.8) is 0 Å². The lowest BCUT2D eigenvalue weighted by Crippen LogP contribution is -2.14. The van der Waals surface area contributed by atoms with E-state index in [1.165, 1.54) is 5.57 Å². The molecule has 1 aromatic rings. The molecule has 0 heterocycles. The summed E-state index contributed by atoms with van der Waals surface area (Å²) in [5.41, 5.74) is 2.78. The Kier molecular flexibility index (Phi) is 3.34. The molecule has 0 bridgehead atoms. The summed E-state index contributed by atoms with van der Waals surface area (Å²) in [5, 5.41) is 5.08. The van der Waals surface area contributed by atoms with Gasteiger partial charge in [-0.1, -0.05) is 32.1 Å². The van der Waals surface area contributed by atoms with Gasteiger partial charge in [0.15, 0.2) is 0 Å². The molecular formula is C14H19NO2S. The average Bonchev–Trinajstić information content (AvgIpc) is 2.28. The van der Waals surface area contributed by atoms with Crippen LogP contribution in [0.4, 0.5) is 0 Å². The average molecular weight is 265 g/mol. The third-order valence-corrected chi connectivity index (χ3v) is 4.46. The molecule has 0 fully saturated rings. The highest BCUT2D eigenvalue weighted by molar-refractivity contribution is 7.89. The predicted octanol–water partition coefficient (Wildman–Crippen LogP) is 2.93. The molecule has 0 atom stereocenters. The Morgan fingerprint density at radius 2 is 1.78 bits per heavy atom. The Balaban J connectivity index is 2.24. The molecule has 0 amide bonds. The molecule has 3 nitrogen and oxygen atoms in total. The van der Waals surface area contributed by atoms with Gasteiger partial charge in [0.05, 0.1) is 4.90 Å². The zero-order chi connectivity index (χ0) is 13.4. The fourth-order valence-corrected chi connectivity index (χ4v) is 2.71. The molecule has 0 radical (unpaired) electrons. The first-order valence-electron chi connectivity index (χ1n) is 6.10. The monoisotopic (exact) mass is 265 g/mol. The SMILES string of the molecule is CC1(C)CC=C(c2ccc(S(N)(=O)=O)cc2)CC1. The molecule has 0 unspecified atom stereocenters. The highest BCUT2D eigenvalue weighted by Gasteiger charge is 2.21. The number of rotatable bonds is 2. The van der Waals surface area contributed by atoms with Crippen LogP contribution in [0.2, 0.25) is 0 Å². The molecule has 0 aromatic heterocycles. The highest BCUT2D eigenvalue weighted by Crippen LogP contribution is 2.37. The van der Waals surface area contributed by atoms with Crippen LogP contribution in [-0.2, 0) is 10.0 Å². The number of primary sulfonamides is 1. The molecule has 1 aliphatic carbocycles. The number of hydrogen-bond donors (Lipinski definition) is 1. The van der Waals surface area contributed by atoms with Gasteiger partial charge in [-0.25, -0.2) is 13.6 Å². The van der Waals surface area contributed by atoms with Gasteiger partial charge in [0.25, 0.3) is 0 Å². The van der Waals surface area contributed by atoms with E-state index in [1.54, 1.807) is 12.1 Å². The summed E-state index contributed by atoms with van der Waals surface area (Å²) in [4.78, 5) is 0.169. The summed E-state index contributed by atoms with van der Waals surface area (Å²) < 4.78 is 22.3. The standard InChI is InChI=1S/C14H19NO2S/c1-14(2)9-7-12(8-10-14)11-3-5-13(6-4-11)18(15,16)17/h3-7H,8-10H2,1-2H3,(H2,15,16,17). The Hall–Kier alpha value is -1.13. The van der Waals surface area contributed by atoms with E-state index in [-0.39, 0.29) is 4.90 Å². The zero-order valence-electron chi connectivity index (χ0n) is 10.8. The molecule has 2 N–H and O–H groups in total. The second kappa shape index (κ2) is 4.52. The first-order valence-corrected chi connectivity index (χ1v) is 7.65. The van der Waals surface area contributed by atoms with Crippen LogP contribution in [0.5, 0.6) is 0 Å². The van der Waals surface area contributed by atoms with E-state index >= 15 is 0 Å². The van der Waals surface area contributed by atoms with Crippen LogP contribution in [0.15, 0.2) is 35.2 Å². The fraction of sp³-hybridized carbons (Fsp3) is 0.429. The van der Waals surface area contributed by atoms with Crippen molar-refractivity contribution >= 4 is 15.6 Å². The Labute approximate surface area is 109 Å². The number of sulfonamides is 1. The lowest BCUT2D eigenvalue weighted by Gasteiger charge is -2.28. The fourth-order valence-electron chi connectivity index (χ4n) is 2.20. The predicted molar refractivity (Wildman–Crippen MR) is 73.4 cm³/mol.